The fourth-order valence-electron chi connectivity index (χ4n) is 3.15. The lowest BCUT2D eigenvalue weighted by molar-refractivity contribution is 0.0477. The van der Waals surface area contributed by atoms with Gasteiger partial charge in [-0.2, -0.15) is 0 Å². The van der Waals surface area contributed by atoms with Crippen molar-refractivity contribution in [3.8, 4) is 12.3 Å². The minimum Gasteiger partial charge on any atom is -0.301 e. The highest BCUT2D eigenvalue weighted by Crippen LogP contribution is 2.32. The van der Waals surface area contributed by atoms with Crippen molar-refractivity contribution in [1.82, 2.24) is 10.2 Å². The summed E-state index contributed by atoms with van der Waals surface area (Å²) in [5, 5.41) is 3.55. The molecular formula is C13H22N2. The summed E-state index contributed by atoms with van der Waals surface area (Å²) in [6.45, 7) is 2.08. The van der Waals surface area contributed by atoms with E-state index >= 15 is 0 Å². The molecule has 3 unspecified atom stereocenters. The van der Waals surface area contributed by atoms with E-state index in [0.29, 0.717) is 6.04 Å². The average molecular weight is 206 g/mol. The predicted molar refractivity (Wildman–Crippen MR) is 63.6 cm³/mol. The Kier molecular flexibility index (Phi) is 3.33. The van der Waals surface area contributed by atoms with Gasteiger partial charge in [0.1, 0.15) is 0 Å². The molecule has 2 nitrogen and oxygen atoms in total. The van der Waals surface area contributed by atoms with Gasteiger partial charge in [-0.25, -0.2) is 0 Å². The lowest BCUT2D eigenvalue weighted by Gasteiger charge is -2.47. The van der Waals surface area contributed by atoms with Gasteiger partial charge < -0.3 is 10.2 Å². The number of nitrogens with zero attached hydrogens (tertiary/aromatic N) is 1. The molecule has 0 aromatic heterocycles. The van der Waals surface area contributed by atoms with Crippen LogP contribution in [0, 0.1) is 12.3 Å². The molecule has 2 saturated heterocycles. The molecule has 2 heterocycles. The number of terminal acetylenes is 1. The van der Waals surface area contributed by atoms with Crippen LogP contribution >= 0.6 is 0 Å². The van der Waals surface area contributed by atoms with Crippen molar-refractivity contribution in [3.63, 3.8) is 0 Å². The SMILES string of the molecule is C#CC(C)NC1CC2CCCC(C1)N2C. The summed E-state index contributed by atoms with van der Waals surface area (Å²) in [6.07, 6.45) is 12.1. The third-order valence-electron chi connectivity index (χ3n) is 4.08. The van der Waals surface area contributed by atoms with Gasteiger partial charge in [0.05, 0.1) is 6.04 Å². The summed E-state index contributed by atoms with van der Waals surface area (Å²) < 4.78 is 0. The molecule has 2 bridgehead atoms. The molecular weight excluding hydrogens is 184 g/mol. The Morgan fingerprint density at radius 3 is 2.47 bits per heavy atom. The second-order valence-corrected chi connectivity index (χ2v) is 5.13. The van der Waals surface area contributed by atoms with Crippen LogP contribution in [0.25, 0.3) is 0 Å². The van der Waals surface area contributed by atoms with Gasteiger partial charge >= 0.3 is 0 Å². The zero-order chi connectivity index (χ0) is 10.8. The van der Waals surface area contributed by atoms with E-state index in [4.69, 9.17) is 6.42 Å². The highest BCUT2D eigenvalue weighted by Gasteiger charge is 2.35. The van der Waals surface area contributed by atoms with Crippen LogP contribution < -0.4 is 5.32 Å². The molecule has 0 aromatic rings. The van der Waals surface area contributed by atoms with E-state index in [0.717, 1.165) is 12.1 Å². The molecule has 0 aromatic carbocycles. The summed E-state index contributed by atoms with van der Waals surface area (Å²) >= 11 is 0. The van der Waals surface area contributed by atoms with E-state index in [9.17, 15) is 0 Å². The van der Waals surface area contributed by atoms with Crippen LogP contribution in [-0.2, 0) is 0 Å². The minimum absolute atomic E-state index is 0.221. The Bertz CT molecular complexity index is 242. The standard InChI is InChI=1S/C13H22N2/c1-4-10(2)14-11-8-12-6-5-7-13(9-11)15(12)3/h1,10-14H,5-9H2,2-3H3. The largest absolute Gasteiger partial charge is 0.301 e. The topological polar surface area (TPSA) is 15.3 Å². The highest BCUT2D eigenvalue weighted by molar-refractivity contribution is 5.00. The molecule has 84 valence electrons. The molecule has 2 fully saturated rings. The lowest BCUT2D eigenvalue weighted by atomic mass is 9.82. The molecule has 1 N–H and O–H groups in total. The molecule has 2 rings (SSSR count). The molecule has 0 radical (unpaired) electrons. The molecule has 2 aliphatic rings. The third-order valence-corrected chi connectivity index (χ3v) is 4.08. The molecule has 2 aliphatic heterocycles. The van der Waals surface area contributed by atoms with Gasteiger partial charge in [0.2, 0.25) is 0 Å². The Hall–Kier alpha value is -0.520. The van der Waals surface area contributed by atoms with Crippen LogP contribution in [0.1, 0.15) is 39.0 Å². The Balaban J connectivity index is 1.93. The Morgan fingerprint density at radius 1 is 1.33 bits per heavy atom. The average Bonchev–Trinajstić information content (AvgIpc) is 2.19. The van der Waals surface area contributed by atoms with Crippen molar-refractivity contribution in [3.05, 3.63) is 0 Å². The van der Waals surface area contributed by atoms with Gasteiger partial charge in [0.15, 0.2) is 0 Å². The van der Waals surface area contributed by atoms with Crippen LogP contribution in [-0.4, -0.2) is 36.1 Å². The van der Waals surface area contributed by atoms with Crippen molar-refractivity contribution >= 4 is 0 Å². The van der Waals surface area contributed by atoms with Gasteiger partial charge in [-0.05, 0) is 39.7 Å². The normalized spacial score (nSPS) is 38.3. The molecule has 0 spiro atoms. The maximum atomic E-state index is 5.41. The molecule has 3 atom stereocenters. The van der Waals surface area contributed by atoms with Crippen LogP contribution in [0.3, 0.4) is 0 Å². The number of hydrogen-bond donors (Lipinski definition) is 1. The summed E-state index contributed by atoms with van der Waals surface area (Å²) in [5.74, 6) is 2.76. The zero-order valence-electron chi connectivity index (χ0n) is 9.87. The van der Waals surface area contributed by atoms with Crippen LogP contribution in [0.2, 0.25) is 0 Å². The Morgan fingerprint density at radius 2 is 1.93 bits per heavy atom. The van der Waals surface area contributed by atoms with Crippen LogP contribution in [0.4, 0.5) is 0 Å². The predicted octanol–water partition coefficient (Wildman–Crippen LogP) is 1.61. The zero-order valence-corrected chi connectivity index (χ0v) is 9.87. The van der Waals surface area contributed by atoms with Crippen molar-refractivity contribution in [1.29, 1.82) is 0 Å². The van der Waals surface area contributed by atoms with Crippen molar-refractivity contribution < 1.29 is 0 Å². The maximum absolute atomic E-state index is 5.41. The van der Waals surface area contributed by atoms with Gasteiger partial charge in [0.25, 0.3) is 0 Å². The number of nitrogens with one attached hydrogen (secondary N) is 1. The van der Waals surface area contributed by atoms with Gasteiger partial charge in [-0.15, -0.1) is 6.42 Å². The second kappa shape index (κ2) is 4.55. The third kappa shape index (κ3) is 2.35. The number of rotatable bonds is 2. The lowest BCUT2D eigenvalue weighted by Crippen LogP contribution is -2.55. The highest BCUT2D eigenvalue weighted by atomic mass is 15.2. The van der Waals surface area contributed by atoms with Crippen molar-refractivity contribution in [2.75, 3.05) is 7.05 Å². The first kappa shape index (κ1) is 11.0. The molecule has 15 heavy (non-hydrogen) atoms. The summed E-state index contributed by atoms with van der Waals surface area (Å²) in [4.78, 5) is 2.59. The van der Waals surface area contributed by atoms with Gasteiger partial charge in [-0.1, -0.05) is 12.3 Å². The molecule has 0 amide bonds. The van der Waals surface area contributed by atoms with E-state index in [1.807, 2.05) is 0 Å². The maximum Gasteiger partial charge on any atom is 0.0660 e. The molecule has 0 aliphatic carbocycles. The van der Waals surface area contributed by atoms with E-state index < -0.39 is 0 Å². The smallest absolute Gasteiger partial charge is 0.0660 e. The van der Waals surface area contributed by atoms with E-state index in [1.165, 1.54) is 32.1 Å². The monoisotopic (exact) mass is 206 g/mol. The van der Waals surface area contributed by atoms with E-state index in [1.54, 1.807) is 0 Å². The number of fused-ring (bicyclic) bond motifs is 2. The fraction of sp³-hybridized carbons (Fsp3) is 0.846. The first-order valence-corrected chi connectivity index (χ1v) is 6.15. The first-order valence-electron chi connectivity index (χ1n) is 6.15. The second-order valence-electron chi connectivity index (χ2n) is 5.13. The van der Waals surface area contributed by atoms with Crippen LogP contribution in [0.5, 0.6) is 0 Å². The van der Waals surface area contributed by atoms with E-state index in [-0.39, 0.29) is 6.04 Å². The van der Waals surface area contributed by atoms with Gasteiger partial charge in [-0.3, -0.25) is 0 Å². The molecule has 2 heteroatoms. The minimum atomic E-state index is 0.221. The summed E-state index contributed by atoms with van der Waals surface area (Å²) in [5.41, 5.74) is 0. The van der Waals surface area contributed by atoms with E-state index in [2.05, 4.69) is 30.1 Å². The van der Waals surface area contributed by atoms with Crippen molar-refractivity contribution in [2.45, 2.75) is 63.2 Å². The first-order chi connectivity index (χ1) is 7.20. The van der Waals surface area contributed by atoms with Gasteiger partial charge in [0, 0.05) is 18.1 Å². The van der Waals surface area contributed by atoms with Crippen LogP contribution in [0.15, 0.2) is 0 Å². The quantitative estimate of drug-likeness (QED) is 0.691. The Labute approximate surface area is 93.4 Å². The molecule has 0 saturated carbocycles. The number of piperidine rings is 2. The summed E-state index contributed by atoms with van der Waals surface area (Å²) in [7, 11) is 2.29. The fourth-order valence-corrected chi connectivity index (χ4v) is 3.15. The summed E-state index contributed by atoms with van der Waals surface area (Å²) in [6, 6.07) is 2.45. The number of hydrogen-bond acceptors (Lipinski definition) is 2. The van der Waals surface area contributed by atoms with Crippen molar-refractivity contribution in [2.24, 2.45) is 0 Å².